The maximum absolute atomic E-state index is 14.1. The van der Waals surface area contributed by atoms with Crippen molar-refractivity contribution < 1.29 is 19.1 Å². The van der Waals surface area contributed by atoms with E-state index in [0.717, 1.165) is 21.9 Å². The van der Waals surface area contributed by atoms with E-state index >= 15 is 0 Å². The Morgan fingerprint density at radius 3 is 2.22 bits per heavy atom. The highest BCUT2D eigenvalue weighted by molar-refractivity contribution is 5.95. The van der Waals surface area contributed by atoms with Gasteiger partial charge in [0.15, 0.2) is 0 Å². The van der Waals surface area contributed by atoms with Gasteiger partial charge < -0.3 is 25.6 Å². The highest BCUT2D eigenvalue weighted by Crippen LogP contribution is 2.22. The summed E-state index contributed by atoms with van der Waals surface area (Å²) < 4.78 is 5.27. The number of hydrogen-bond acceptors (Lipinski definition) is 5. The fraction of sp³-hybridized carbons (Fsp3) is 0.364. The number of hydrogen-bond donors (Lipinski definition) is 2. The third-order valence-electron chi connectivity index (χ3n) is 7.25. The van der Waals surface area contributed by atoms with Crippen molar-refractivity contribution in [2.75, 3.05) is 28.3 Å². The Labute approximate surface area is 243 Å². The van der Waals surface area contributed by atoms with E-state index in [9.17, 15) is 14.4 Å². The van der Waals surface area contributed by atoms with Crippen LogP contribution in [-0.2, 0) is 27.2 Å². The van der Waals surface area contributed by atoms with Gasteiger partial charge >= 0.3 is 0 Å². The van der Waals surface area contributed by atoms with E-state index < -0.39 is 17.6 Å². The largest absolute Gasteiger partial charge is 0.497 e. The van der Waals surface area contributed by atoms with Crippen LogP contribution in [-0.4, -0.2) is 73.4 Å². The Morgan fingerprint density at radius 1 is 0.927 bits per heavy atom. The van der Waals surface area contributed by atoms with E-state index in [0.29, 0.717) is 18.6 Å². The van der Waals surface area contributed by atoms with E-state index in [1.807, 2.05) is 80.6 Å². The molecule has 0 aromatic heterocycles. The van der Waals surface area contributed by atoms with E-state index in [4.69, 9.17) is 10.5 Å². The predicted molar refractivity (Wildman–Crippen MR) is 164 cm³/mol. The van der Waals surface area contributed by atoms with Crippen LogP contribution in [0.3, 0.4) is 0 Å². The molecule has 8 heteroatoms. The Bertz CT molecular complexity index is 1370. The molecule has 3 rings (SSSR count). The number of fused-ring (bicyclic) bond motifs is 1. The van der Waals surface area contributed by atoms with Gasteiger partial charge in [-0.25, -0.2) is 0 Å². The first-order valence-electron chi connectivity index (χ1n) is 13.7. The summed E-state index contributed by atoms with van der Waals surface area (Å²) in [7, 11) is 6.39. The zero-order valence-corrected chi connectivity index (χ0v) is 24.9. The smallest absolute Gasteiger partial charge is 0.246 e. The van der Waals surface area contributed by atoms with Crippen molar-refractivity contribution in [2.45, 2.75) is 50.7 Å². The molecule has 0 heterocycles. The highest BCUT2D eigenvalue weighted by Gasteiger charge is 2.34. The minimum absolute atomic E-state index is 0.264. The summed E-state index contributed by atoms with van der Waals surface area (Å²) in [5, 5.41) is 4.80. The number of likely N-dealkylation sites (N-methyl/N-ethyl adjacent to an activating group) is 3. The molecule has 3 amide bonds. The molecule has 41 heavy (non-hydrogen) atoms. The standard InChI is InChI=1S/C33H42N4O4/c1-33(2,34)20-10-15-30(38)36(4)29(21-23-16-18-26(41-6)19-17-23)32(40)37(5)28(31(39)35-3)22-25-13-9-12-24-11-7-8-14-27(24)25/h7-19,28-29H,20-22,34H2,1-6H3,(H,35,39)/t28-,29-/m1/s1. The number of methoxy groups -OCH3 is 1. The average molecular weight is 559 g/mol. The molecule has 0 fully saturated rings. The molecule has 8 nitrogen and oxygen atoms in total. The van der Waals surface area contributed by atoms with Crippen molar-refractivity contribution in [3.63, 3.8) is 0 Å². The first-order chi connectivity index (χ1) is 19.4. The maximum Gasteiger partial charge on any atom is 0.246 e. The molecule has 0 spiro atoms. The summed E-state index contributed by atoms with van der Waals surface area (Å²) in [6.45, 7) is 3.76. The van der Waals surface area contributed by atoms with Crippen LogP contribution in [0.25, 0.3) is 10.8 Å². The molecule has 0 bridgehead atoms. The van der Waals surface area contributed by atoms with Crippen LogP contribution >= 0.6 is 0 Å². The summed E-state index contributed by atoms with van der Waals surface area (Å²) in [5.41, 5.74) is 7.41. The van der Waals surface area contributed by atoms with Gasteiger partial charge in [-0.15, -0.1) is 0 Å². The van der Waals surface area contributed by atoms with E-state index in [2.05, 4.69) is 5.32 Å². The van der Waals surface area contributed by atoms with Crippen LogP contribution in [0.1, 0.15) is 31.4 Å². The van der Waals surface area contributed by atoms with Crippen LogP contribution in [0.2, 0.25) is 0 Å². The quantitative estimate of drug-likeness (QED) is 0.330. The van der Waals surface area contributed by atoms with Gasteiger partial charge in [0.05, 0.1) is 7.11 Å². The third kappa shape index (κ3) is 8.41. The molecular weight excluding hydrogens is 516 g/mol. The second-order valence-electron chi connectivity index (χ2n) is 11.0. The zero-order valence-electron chi connectivity index (χ0n) is 24.9. The normalized spacial score (nSPS) is 13.0. The summed E-state index contributed by atoms with van der Waals surface area (Å²) in [5.74, 6) is -0.241. The van der Waals surface area contributed by atoms with E-state index in [1.54, 1.807) is 34.3 Å². The Kier molecular flexibility index (Phi) is 10.7. The first-order valence-corrected chi connectivity index (χ1v) is 13.7. The van der Waals surface area contributed by atoms with E-state index in [1.165, 1.54) is 15.9 Å². The Morgan fingerprint density at radius 2 is 1.59 bits per heavy atom. The topological polar surface area (TPSA) is 105 Å². The van der Waals surface area contributed by atoms with Crippen LogP contribution in [0.4, 0.5) is 0 Å². The van der Waals surface area contributed by atoms with Gasteiger partial charge in [0.25, 0.3) is 0 Å². The number of ether oxygens (including phenoxy) is 1. The molecular formula is C33H42N4O4. The van der Waals surface area contributed by atoms with Gasteiger partial charge in [-0.05, 0) is 60.4 Å². The fourth-order valence-electron chi connectivity index (χ4n) is 4.75. The number of nitrogens with one attached hydrogen (secondary N) is 1. The summed E-state index contributed by atoms with van der Waals surface area (Å²) in [6, 6.07) is 19.7. The van der Waals surface area contributed by atoms with Crippen LogP contribution in [0.15, 0.2) is 78.9 Å². The molecule has 218 valence electrons. The van der Waals surface area contributed by atoms with Gasteiger partial charge in [-0.1, -0.05) is 60.7 Å². The van der Waals surface area contributed by atoms with Crippen LogP contribution in [0.5, 0.6) is 5.75 Å². The molecule has 3 aromatic rings. The average Bonchev–Trinajstić information content (AvgIpc) is 2.96. The number of amides is 3. The van der Waals surface area contributed by atoms with E-state index in [-0.39, 0.29) is 24.1 Å². The fourth-order valence-corrected chi connectivity index (χ4v) is 4.75. The summed E-state index contributed by atoms with van der Waals surface area (Å²) in [4.78, 5) is 43.4. The Hall–Kier alpha value is -4.17. The lowest BCUT2D eigenvalue weighted by atomic mass is 9.96. The Balaban J connectivity index is 1.94. The van der Waals surface area contributed by atoms with Crippen molar-refractivity contribution >= 4 is 28.5 Å². The predicted octanol–water partition coefficient (Wildman–Crippen LogP) is 3.72. The summed E-state index contributed by atoms with van der Waals surface area (Å²) in [6.07, 6.45) is 4.27. The monoisotopic (exact) mass is 558 g/mol. The second-order valence-corrected chi connectivity index (χ2v) is 11.0. The molecule has 0 saturated heterocycles. The van der Waals surface area contributed by atoms with Gasteiger partial charge in [-0.2, -0.15) is 0 Å². The van der Waals surface area contributed by atoms with Crippen molar-refractivity contribution in [1.82, 2.24) is 15.1 Å². The van der Waals surface area contributed by atoms with Gasteiger partial charge in [0.1, 0.15) is 17.8 Å². The lowest BCUT2D eigenvalue weighted by Crippen LogP contribution is -2.55. The molecule has 0 aliphatic rings. The number of benzene rings is 3. The highest BCUT2D eigenvalue weighted by atomic mass is 16.5. The van der Waals surface area contributed by atoms with Crippen LogP contribution < -0.4 is 15.8 Å². The molecule has 0 radical (unpaired) electrons. The van der Waals surface area contributed by atoms with Crippen LogP contribution in [0, 0.1) is 0 Å². The number of nitrogens with zero attached hydrogens (tertiary/aromatic N) is 2. The van der Waals surface area contributed by atoms with Crippen molar-refractivity contribution in [3.05, 3.63) is 90.0 Å². The van der Waals surface area contributed by atoms with Crippen molar-refractivity contribution in [1.29, 1.82) is 0 Å². The molecule has 0 unspecified atom stereocenters. The van der Waals surface area contributed by atoms with Crippen molar-refractivity contribution in [2.24, 2.45) is 5.73 Å². The lowest BCUT2D eigenvalue weighted by molar-refractivity contribution is -0.146. The number of carbonyl (C=O) groups excluding carboxylic acids is 3. The lowest BCUT2D eigenvalue weighted by Gasteiger charge is -2.34. The number of nitrogens with two attached hydrogens (primary N) is 1. The number of rotatable bonds is 12. The second kappa shape index (κ2) is 13.9. The minimum atomic E-state index is -0.851. The molecule has 0 aliphatic carbocycles. The number of carbonyl (C=O) groups is 3. The third-order valence-corrected chi connectivity index (χ3v) is 7.25. The SMILES string of the molecule is CNC(=O)[C@@H](Cc1cccc2ccccc12)N(C)C(=O)[C@@H](Cc1ccc(OC)cc1)N(C)C(=O)C=CCC(C)(C)N. The zero-order chi connectivity index (χ0) is 30.2. The minimum Gasteiger partial charge on any atom is -0.497 e. The summed E-state index contributed by atoms with van der Waals surface area (Å²) >= 11 is 0. The van der Waals surface area contributed by atoms with Gasteiger partial charge in [0, 0.05) is 39.5 Å². The van der Waals surface area contributed by atoms with Gasteiger partial charge in [-0.3, -0.25) is 14.4 Å². The maximum atomic E-state index is 14.1. The molecule has 2 atom stereocenters. The molecule has 3 aromatic carbocycles. The van der Waals surface area contributed by atoms with Gasteiger partial charge in [0.2, 0.25) is 17.7 Å². The first kappa shape index (κ1) is 31.4. The molecule has 0 aliphatic heterocycles. The molecule has 3 N–H and O–H groups in total. The van der Waals surface area contributed by atoms with Crippen molar-refractivity contribution in [3.8, 4) is 5.75 Å². The molecule has 0 saturated carbocycles.